The fourth-order valence-corrected chi connectivity index (χ4v) is 1.84. The van der Waals surface area contributed by atoms with E-state index in [-0.39, 0.29) is 18.4 Å². The summed E-state index contributed by atoms with van der Waals surface area (Å²) in [6.45, 7) is 3.04. The number of rotatable bonds is 7. The van der Waals surface area contributed by atoms with Gasteiger partial charge in [-0.05, 0) is 14.1 Å². The molecule has 0 radical (unpaired) electrons. The summed E-state index contributed by atoms with van der Waals surface area (Å²) in [6.07, 6.45) is 2.64. The van der Waals surface area contributed by atoms with Crippen LogP contribution in [0.4, 0.5) is 0 Å². The van der Waals surface area contributed by atoms with E-state index in [1.54, 1.807) is 10.9 Å². The lowest BCUT2D eigenvalue weighted by Gasteiger charge is -2.18. The van der Waals surface area contributed by atoms with Crippen molar-refractivity contribution < 1.29 is 9.90 Å². The molecule has 0 aliphatic rings. The first-order valence-electron chi connectivity index (χ1n) is 6.17. The van der Waals surface area contributed by atoms with E-state index in [0.717, 1.165) is 0 Å². The summed E-state index contributed by atoms with van der Waals surface area (Å²) in [5.41, 5.74) is 0. The third-order valence-electron chi connectivity index (χ3n) is 2.60. The first-order chi connectivity index (χ1) is 8.88. The standard InChI is InChI=1S/C12H21ClN4O2/c1-9(6-17-7-10(13)4-15-17)12(19)14-5-11(18)8-16(2)3/h4,7,9,11,18H,5-6,8H2,1-3H3,(H,14,19). The van der Waals surface area contributed by atoms with Crippen molar-refractivity contribution in [2.24, 2.45) is 5.92 Å². The molecule has 7 heteroatoms. The van der Waals surface area contributed by atoms with Gasteiger partial charge in [-0.2, -0.15) is 5.10 Å². The van der Waals surface area contributed by atoms with Crippen molar-refractivity contribution in [3.63, 3.8) is 0 Å². The van der Waals surface area contributed by atoms with Crippen LogP contribution in [0.25, 0.3) is 0 Å². The molecular formula is C12H21ClN4O2. The first kappa shape index (κ1) is 15.9. The Labute approximate surface area is 118 Å². The van der Waals surface area contributed by atoms with E-state index in [0.29, 0.717) is 18.1 Å². The maximum absolute atomic E-state index is 11.8. The first-order valence-corrected chi connectivity index (χ1v) is 6.54. The molecule has 1 amide bonds. The van der Waals surface area contributed by atoms with Gasteiger partial charge in [-0.1, -0.05) is 18.5 Å². The lowest BCUT2D eigenvalue weighted by Crippen LogP contribution is -2.40. The predicted octanol–water partition coefficient (Wildman–Crippen LogP) is 0.211. The molecule has 1 aromatic rings. The molecule has 2 N–H and O–H groups in total. The number of aliphatic hydroxyl groups excluding tert-OH is 1. The Balaban J connectivity index is 2.32. The van der Waals surface area contributed by atoms with Crippen LogP contribution in [0.5, 0.6) is 0 Å². The highest BCUT2D eigenvalue weighted by Gasteiger charge is 2.15. The van der Waals surface area contributed by atoms with E-state index in [2.05, 4.69) is 10.4 Å². The lowest BCUT2D eigenvalue weighted by atomic mass is 10.1. The quantitative estimate of drug-likeness (QED) is 0.753. The Bertz CT molecular complexity index is 408. The monoisotopic (exact) mass is 288 g/mol. The van der Waals surface area contributed by atoms with Gasteiger partial charge in [0.25, 0.3) is 0 Å². The second-order valence-electron chi connectivity index (χ2n) is 4.94. The van der Waals surface area contributed by atoms with E-state index >= 15 is 0 Å². The van der Waals surface area contributed by atoms with Crippen molar-refractivity contribution in [1.82, 2.24) is 20.0 Å². The van der Waals surface area contributed by atoms with Crippen molar-refractivity contribution in [3.8, 4) is 0 Å². The molecule has 1 rings (SSSR count). The SMILES string of the molecule is CC(Cn1cc(Cl)cn1)C(=O)NCC(O)CN(C)C. The molecular weight excluding hydrogens is 268 g/mol. The van der Waals surface area contributed by atoms with Gasteiger partial charge in [0.05, 0.1) is 29.8 Å². The highest BCUT2D eigenvalue weighted by molar-refractivity contribution is 6.30. The fraction of sp³-hybridized carbons (Fsp3) is 0.667. The fourth-order valence-electron chi connectivity index (χ4n) is 1.68. The van der Waals surface area contributed by atoms with Crippen LogP contribution >= 0.6 is 11.6 Å². The van der Waals surface area contributed by atoms with Crippen LogP contribution in [0.3, 0.4) is 0 Å². The highest BCUT2D eigenvalue weighted by atomic mass is 35.5. The van der Waals surface area contributed by atoms with Crippen molar-refractivity contribution >= 4 is 17.5 Å². The van der Waals surface area contributed by atoms with Gasteiger partial charge in [0.15, 0.2) is 0 Å². The lowest BCUT2D eigenvalue weighted by molar-refractivity contribution is -0.125. The predicted molar refractivity (Wildman–Crippen MR) is 74.0 cm³/mol. The second-order valence-corrected chi connectivity index (χ2v) is 5.38. The number of nitrogens with one attached hydrogen (secondary N) is 1. The minimum absolute atomic E-state index is 0.107. The van der Waals surface area contributed by atoms with Crippen molar-refractivity contribution in [3.05, 3.63) is 17.4 Å². The van der Waals surface area contributed by atoms with Crippen LogP contribution < -0.4 is 5.32 Å². The summed E-state index contributed by atoms with van der Waals surface area (Å²) in [6, 6.07) is 0. The molecule has 0 bridgehead atoms. The maximum Gasteiger partial charge on any atom is 0.224 e. The van der Waals surface area contributed by atoms with Crippen LogP contribution in [0.1, 0.15) is 6.92 Å². The summed E-state index contributed by atoms with van der Waals surface area (Å²) >= 11 is 5.75. The number of nitrogens with zero attached hydrogens (tertiary/aromatic N) is 3. The van der Waals surface area contributed by atoms with E-state index in [1.807, 2.05) is 25.9 Å². The zero-order valence-electron chi connectivity index (χ0n) is 11.5. The number of aliphatic hydroxyl groups is 1. The Morgan fingerprint density at radius 1 is 1.63 bits per heavy atom. The molecule has 108 valence electrons. The van der Waals surface area contributed by atoms with Gasteiger partial charge in [-0.25, -0.2) is 0 Å². The van der Waals surface area contributed by atoms with Crippen molar-refractivity contribution in [2.45, 2.75) is 19.6 Å². The number of likely N-dealkylation sites (N-methyl/N-ethyl adjacent to an activating group) is 1. The van der Waals surface area contributed by atoms with Gasteiger partial charge in [0, 0.05) is 19.3 Å². The molecule has 6 nitrogen and oxygen atoms in total. The largest absolute Gasteiger partial charge is 0.390 e. The van der Waals surface area contributed by atoms with Gasteiger partial charge in [0.2, 0.25) is 5.91 Å². The summed E-state index contributed by atoms with van der Waals surface area (Å²) in [5.74, 6) is -0.341. The van der Waals surface area contributed by atoms with Gasteiger partial charge in [0.1, 0.15) is 0 Å². The number of halogens is 1. The van der Waals surface area contributed by atoms with Gasteiger partial charge in [-0.3, -0.25) is 9.48 Å². The molecule has 0 spiro atoms. The molecule has 0 fully saturated rings. The summed E-state index contributed by atoms with van der Waals surface area (Å²) in [4.78, 5) is 13.7. The maximum atomic E-state index is 11.8. The number of aromatic nitrogens is 2. The molecule has 1 aromatic heterocycles. The van der Waals surface area contributed by atoms with E-state index < -0.39 is 6.10 Å². The zero-order valence-corrected chi connectivity index (χ0v) is 12.3. The smallest absolute Gasteiger partial charge is 0.224 e. The third-order valence-corrected chi connectivity index (χ3v) is 2.79. The third kappa shape index (κ3) is 6.04. The topological polar surface area (TPSA) is 70.4 Å². The van der Waals surface area contributed by atoms with Crippen LogP contribution in [-0.2, 0) is 11.3 Å². The summed E-state index contributed by atoms with van der Waals surface area (Å²) in [5, 5.41) is 16.9. The van der Waals surface area contributed by atoms with Gasteiger partial charge in [-0.15, -0.1) is 0 Å². The number of amides is 1. The second kappa shape index (κ2) is 7.47. The summed E-state index contributed by atoms with van der Waals surface area (Å²) in [7, 11) is 3.74. The van der Waals surface area contributed by atoms with Crippen LogP contribution in [-0.4, -0.2) is 59.0 Å². The average molecular weight is 289 g/mol. The minimum atomic E-state index is -0.565. The number of hydrogen-bond acceptors (Lipinski definition) is 4. The molecule has 0 aliphatic carbocycles. The molecule has 0 aromatic carbocycles. The Morgan fingerprint density at radius 2 is 2.32 bits per heavy atom. The number of hydrogen-bond donors (Lipinski definition) is 2. The number of carbonyl (C=O) groups is 1. The highest BCUT2D eigenvalue weighted by Crippen LogP contribution is 2.07. The van der Waals surface area contributed by atoms with Crippen molar-refractivity contribution in [2.75, 3.05) is 27.2 Å². The van der Waals surface area contributed by atoms with Crippen LogP contribution in [0.15, 0.2) is 12.4 Å². The molecule has 0 saturated heterocycles. The zero-order chi connectivity index (χ0) is 14.4. The number of carbonyl (C=O) groups excluding carboxylic acids is 1. The van der Waals surface area contributed by atoms with Gasteiger partial charge < -0.3 is 15.3 Å². The van der Waals surface area contributed by atoms with E-state index in [9.17, 15) is 9.90 Å². The van der Waals surface area contributed by atoms with Gasteiger partial charge >= 0.3 is 0 Å². The average Bonchev–Trinajstić information content (AvgIpc) is 2.70. The van der Waals surface area contributed by atoms with Crippen LogP contribution in [0.2, 0.25) is 5.02 Å². The molecule has 1 heterocycles. The molecule has 2 atom stereocenters. The van der Waals surface area contributed by atoms with E-state index in [4.69, 9.17) is 11.6 Å². The molecule has 0 aliphatic heterocycles. The van der Waals surface area contributed by atoms with Crippen molar-refractivity contribution in [1.29, 1.82) is 0 Å². The molecule has 2 unspecified atom stereocenters. The minimum Gasteiger partial charge on any atom is -0.390 e. The van der Waals surface area contributed by atoms with E-state index in [1.165, 1.54) is 6.20 Å². The molecule has 19 heavy (non-hydrogen) atoms. The Morgan fingerprint density at radius 3 is 2.84 bits per heavy atom. The van der Waals surface area contributed by atoms with Crippen LogP contribution in [0, 0.1) is 5.92 Å². The Kier molecular flexibility index (Phi) is 6.27. The molecule has 0 saturated carbocycles. The normalized spacial score (nSPS) is 14.4. The summed E-state index contributed by atoms with van der Waals surface area (Å²) < 4.78 is 1.63. The Hall–Kier alpha value is -1.11.